The van der Waals surface area contributed by atoms with Gasteiger partial charge < -0.3 is 5.32 Å². The summed E-state index contributed by atoms with van der Waals surface area (Å²) >= 11 is 2.31. The molecule has 0 heterocycles. The Morgan fingerprint density at radius 3 is 2.58 bits per heavy atom. The number of alkyl halides is 3. The van der Waals surface area contributed by atoms with Crippen LogP contribution in [0.4, 0.5) is 24.5 Å². The topological polar surface area (TPSA) is 72.2 Å². The number of nitro groups is 1. The average Bonchev–Trinajstić information content (AvgIpc) is 2.59. The third-order valence-corrected chi connectivity index (χ3v) is 4.98. The van der Waals surface area contributed by atoms with Crippen molar-refractivity contribution < 1.29 is 22.9 Å². The Balaban J connectivity index is 2.08. The molecule has 0 aliphatic heterocycles. The summed E-state index contributed by atoms with van der Waals surface area (Å²) in [5, 5.41) is 13.7. The minimum absolute atomic E-state index is 0.00369. The van der Waals surface area contributed by atoms with E-state index in [1.165, 1.54) is 11.8 Å². The van der Waals surface area contributed by atoms with Crippen LogP contribution < -0.4 is 5.32 Å². The maximum atomic E-state index is 12.7. The van der Waals surface area contributed by atoms with Crippen LogP contribution in [-0.4, -0.2) is 22.8 Å². The lowest BCUT2D eigenvalue weighted by molar-refractivity contribution is -0.388. The van der Waals surface area contributed by atoms with Crippen molar-refractivity contribution in [3.63, 3.8) is 0 Å². The van der Waals surface area contributed by atoms with Crippen molar-refractivity contribution in [2.75, 3.05) is 17.3 Å². The van der Waals surface area contributed by atoms with E-state index in [4.69, 9.17) is 0 Å². The highest BCUT2D eigenvalue weighted by Gasteiger charge is 2.33. The molecule has 2 rings (SSSR count). The van der Waals surface area contributed by atoms with Crippen molar-refractivity contribution in [2.24, 2.45) is 0 Å². The SMILES string of the molecule is CSc1cccc(NC(=O)CSc2ccc(C(F)(F)F)cc2[N+](=O)[O-])c1. The molecular formula is C16H13F3N2O3S2. The molecule has 0 aromatic heterocycles. The number of carbonyl (C=O) groups is 1. The van der Waals surface area contributed by atoms with E-state index in [0.717, 1.165) is 28.8 Å². The fraction of sp³-hybridized carbons (Fsp3) is 0.188. The lowest BCUT2D eigenvalue weighted by Crippen LogP contribution is -2.14. The summed E-state index contributed by atoms with van der Waals surface area (Å²) in [5.41, 5.74) is -1.21. The summed E-state index contributed by atoms with van der Waals surface area (Å²) in [6.45, 7) is 0. The molecule has 0 fully saturated rings. The molecule has 0 atom stereocenters. The fourth-order valence-corrected chi connectivity index (χ4v) is 3.26. The molecule has 0 radical (unpaired) electrons. The summed E-state index contributed by atoms with van der Waals surface area (Å²) in [6, 6.07) is 9.36. The van der Waals surface area contributed by atoms with Crippen molar-refractivity contribution in [1.29, 1.82) is 0 Å². The van der Waals surface area contributed by atoms with E-state index in [1.807, 2.05) is 12.3 Å². The third-order valence-electron chi connectivity index (χ3n) is 3.20. The lowest BCUT2D eigenvalue weighted by atomic mass is 10.2. The number of thioether (sulfide) groups is 2. The second-order valence-electron chi connectivity index (χ2n) is 5.01. The Bertz CT molecular complexity index is 829. The molecule has 2 aromatic rings. The van der Waals surface area contributed by atoms with Crippen molar-refractivity contribution in [3.05, 3.63) is 58.1 Å². The van der Waals surface area contributed by atoms with Gasteiger partial charge in [-0.25, -0.2) is 0 Å². The highest BCUT2D eigenvalue weighted by atomic mass is 32.2. The summed E-state index contributed by atoms with van der Waals surface area (Å²) < 4.78 is 38.1. The Morgan fingerprint density at radius 2 is 1.96 bits per heavy atom. The van der Waals surface area contributed by atoms with Crippen molar-refractivity contribution in [1.82, 2.24) is 0 Å². The minimum Gasteiger partial charge on any atom is -0.325 e. The smallest absolute Gasteiger partial charge is 0.325 e. The first-order valence-electron chi connectivity index (χ1n) is 7.13. The number of nitrogens with zero attached hydrogens (tertiary/aromatic N) is 1. The molecule has 0 saturated carbocycles. The molecule has 138 valence electrons. The van der Waals surface area contributed by atoms with E-state index < -0.39 is 28.3 Å². The predicted octanol–water partition coefficient (Wildman–Crippen LogP) is 5.07. The van der Waals surface area contributed by atoms with Crippen LogP contribution in [0.1, 0.15) is 5.56 Å². The molecule has 0 spiro atoms. The maximum Gasteiger partial charge on any atom is 0.416 e. The zero-order valence-corrected chi connectivity index (χ0v) is 15.0. The van der Waals surface area contributed by atoms with Gasteiger partial charge in [0.25, 0.3) is 5.69 Å². The average molecular weight is 402 g/mol. The molecule has 1 N–H and O–H groups in total. The molecular weight excluding hydrogens is 389 g/mol. The van der Waals surface area contributed by atoms with Crippen LogP contribution in [0.2, 0.25) is 0 Å². The Morgan fingerprint density at radius 1 is 1.23 bits per heavy atom. The summed E-state index contributed by atoms with van der Waals surface area (Å²) in [6.07, 6.45) is -2.78. The van der Waals surface area contributed by atoms with Gasteiger partial charge >= 0.3 is 6.18 Å². The number of carbonyl (C=O) groups excluding carboxylic acids is 1. The second kappa shape index (κ2) is 8.45. The highest BCUT2D eigenvalue weighted by Crippen LogP contribution is 2.36. The van der Waals surface area contributed by atoms with E-state index in [0.29, 0.717) is 11.8 Å². The van der Waals surface area contributed by atoms with E-state index in [1.54, 1.807) is 18.2 Å². The molecule has 0 unspecified atom stereocenters. The molecule has 2 aromatic carbocycles. The largest absolute Gasteiger partial charge is 0.416 e. The van der Waals surface area contributed by atoms with Crippen molar-refractivity contribution in [3.8, 4) is 0 Å². The highest BCUT2D eigenvalue weighted by molar-refractivity contribution is 8.00. The van der Waals surface area contributed by atoms with Crippen LogP contribution in [0.15, 0.2) is 52.3 Å². The number of benzene rings is 2. The quantitative estimate of drug-likeness (QED) is 0.415. The number of nitro benzene ring substituents is 1. The lowest BCUT2D eigenvalue weighted by Gasteiger charge is -2.09. The van der Waals surface area contributed by atoms with E-state index in [2.05, 4.69) is 5.32 Å². The number of amides is 1. The Hall–Kier alpha value is -2.20. The van der Waals surface area contributed by atoms with E-state index in [9.17, 15) is 28.1 Å². The Kier molecular flexibility index (Phi) is 6.54. The second-order valence-corrected chi connectivity index (χ2v) is 6.90. The van der Waals surface area contributed by atoms with Crippen molar-refractivity contribution >= 4 is 40.8 Å². The molecule has 0 saturated heterocycles. The maximum absolute atomic E-state index is 12.7. The number of hydrogen-bond donors (Lipinski definition) is 1. The summed E-state index contributed by atoms with van der Waals surface area (Å²) in [7, 11) is 0. The molecule has 0 aliphatic carbocycles. The van der Waals surface area contributed by atoms with Crippen LogP contribution >= 0.6 is 23.5 Å². The van der Waals surface area contributed by atoms with Crippen LogP contribution in [0, 0.1) is 10.1 Å². The first-order chi connectivity index (χ1) is 12.2. The zero-order valence-electron chi connectivity index (χ0n) is 13.4. The monoisotopic (exact) mass is 402 g/mol. The number of rotatable bonds is 6. The minimum atomic E-state index is -4.67. The van der Waals surface area contributed by atoms with Gasteiger partial charge in [-0.05, 0) is 36.6 Å². The fourth-order valence-electron chi connectivity index (χ4n) is 2.00. The van der Waals surface area contributed by atoms with E-state index in [-0.39, 0.29) is 10.6 Å². The number of nitrogens with one attached hydrogen (secondary N) is 1. The summed E-state index contributed by atoms with van der Waals surface area (Å²) in [4.78, 5) is 23.1. The summed E-state index contributed by atoms with van der Waals surface area (Å²) in [5.74, 6) is -0.585. The van der Waals surface area contributed by atoms with Gasteiger partial charge in [0.1, 0.15) is 0 Å². The number of halogens is 3. The van der Waals surface area contributed by atoms with Crippen LogP contribution in [-0.2, 0) is 11.0 Å². The zero-order chi connectivity index (χ0) is 19.3. The van der Waals surface area contributed by atoms with Gasteiger partial charge in [-0.15, -0.1) is 23.5 Å². The van der Waals surface area contributed by atoms with Gasteiger partial charge in [0.15, 0.2) is 0 Å². The third kappa shape index (κ3) is 5.40. The standard InChI is InChI=1S/C16H13F3N2O3S2/c1-25-12-4-2-3-11(8-12)20-15(22)9-26-14-6-5-10(16(17,18)19)7-13(14)21(23)24/h2-8H,9H2,1H3,(H,20,22). The normalized spacial score (nSPS) is 11.2. The van der Waals surface area contributed by atoms with Gasteiger partial charge in [0.2, 0.25) is 5.91 Å². The van der Waals surface area contributed by atoms with Gasteiger partial charge in [0, 0.05) is 16.6 Å². The van der Waals surface area contributed by atoms with Gasteiger partial charge in [-0.3, -0.25) is 14.9 Å². The van der Waals surface area contributed by atoms with E-state index >= 15 is 0 Å². The number of hydrogen-bond acceptors (Lipinski definition) is 5. The van der Waals surface area contributed by atoms with Gasteiger partial charge in [-0.2, -0.15) is 13.2 Å². The van der Waals surface area contributed by atoms with Crippen molar-refractivity contribution in [2.45, 2.75) is 16.0 Å². The first kappa shape index (κ1) is 20.1. The van der Waals surface area contributed by atoms with Crippen LogP contribution in [0.3, 0.4) is 0 Å². The van der Waals surface area contributed by atoms with Gasteiger partial charge in [-0.1, -0.05) is 6.07 Å². The first-order valence-corrected chi connectivity index (χ1v) is 9.34. The molecule has 10 heteroatoms. The molecule has 5 nitrogen and oxygen atoms in total. The molecule has 1 amide bonds. The molecule has 0 bridgehead atoms. The van der Waals surface area contributed by atoms with Gasteiger partial charge in [0.05, 0.1) is 21.1 Å². The van der Waals surface area contributed by atoms with Crippen LogP contribution in [0.25, 0.3) is 0 Å². The predicted molar refractivity (Wildman–Crippen MR) is 95.7 cm³/mol. The Labute approximate surface area is 155 Å². The molecule has 26 heavy (non-hydrogen) atoms. The van der Waals surface area contributed by atoms with Crippen LogP contribution in [0.5, 0.6) is 0 Å². The molecule has 0 aliphatic rings. The number of anilines is 1.